The Kier molecular flexibility index (Phi) is 1.66. The van der Waals surface area contributed by atoms with Gasteiger partial charge < -0.3 is 9.30 Å². The minimum absolute atomic E-state index is 0.681. The fourth-order valence-corrected chi connectivity index (χ4v) is 1.44. The summed E-state index contributed by atoms with van der Waals surface area (Å²) in [5.74, 6) is 1.08. The molecule has 2 heterocycles. The molecule has 0 spiro atoms. The van der Waals surface area contributed by atoms with Crippen LogP contribution in [-0.2, 0) is 24.3 Å². The summed E-state index contributed by atoms with van der Waals surface area (Å²) in [5.41, 5.74) is 1.32. The average Bonchev–Trinajstić information content (AvgIpc) is 2.47. The molecule has 0 radical (unpaired) electrons. The molecule has 0 N–H and O–H groups in total. The summed E-state index contributed by atoms with van der Waals surface area (Å²) in [7, 11) is 0. The van der Waals surface area contributed by atoms with Gasteiger partial charge in [0.1, 0.15) is 12.4 Å². The third-order valence-electron chi connectivity index (χ3n) is 2.07. The fourth-order valence-electron chi connectivity index (χ4n) is 1.44. The second-order valence-corrected chi connectivity index (χ2v) is 2.72. The third kappa shape index (κ3) is 1.05. The van der Waals surface area contributed by atoms with E-state index < -0.39 is 0 Å². The lowest BCUT2D eigenvalue weighted by atomic mass is 10.3. The number of hydrogen-bond donors (Lipinski definition) is 0. The summed E-state index contributed by atoms with van der Waals surface area (Å²) in [5, 5.41) is 0. The molecule has 3 nitrogen and oxygen atoms in total. The number of ether oxygens (including phenoxy) is 1. The van der Waals surface area contributed by atoms with Crippen molar-refractivity contribution in [1.29, 1.82) is 0 Å². The van der Waals surface area contributed by atoms with Crippen molar-refractivity contribution >= 4 is 0 Å². The van der Waals surface area contributed by atoms with Gasteiger partial charge in [-0.15, -0.1) is 0 Å². The first-order valence-corrected chi connectivity index (χ1v) is 4.03. The maximum Gasteiger partial charge on any atom is 0.135 e. The highest BCUT2D eigenvalue weighted by Gasteiger charge is 2.12. The molecule has 0 aliphatic carbocycles. The molecule has 0 atom stereocenters. The van der Waals surface area contributed by atoms with E-state index in [-0.39, 0.29) is 0 Å². The van der Waals surface area contributed by atoms with Gasteiger partial charge in [-0.1, -0.05) is 6.92 Å². The van der Waals surface area contributed by atoms with E-state index in [2.05, 4.69) is 16.5 Å². The van der Waals surface area contributed by atoms with Gasteiger partial charge in [-0.2, -0.15) is 0 Å². The van der Waals surface area contributed by atoms with Gasteiger partial charge >= 0.3 is 0 Å². The van der Waals surface area contributed by atoms with Crippen molar-refractivity contribution in [2.45, 2.75) is 26.5 Å². The summed E-state index contributed by atoms with van der Waals surface area (Å²) < 4.78 is 7.52. The zero-order valence-corrected chi connectivity index (χ0v) is 6.71. The van der Waals surface area contributed by atoms with Crippen molar-refractivity contribution in [2.24, 2.45) is 0 Å². The molecule has 1 aromatic rings. The van der Waals surface area contributed by atoms with E-state index in [4.69, 9.17) is 4.74 Å². The van der Waals surface area contributed by atoms with Crippen LogP contribution in [0.5, 0.6) is 0 Å². The Labute approximate surface area is 66.0 Å². The number of hydrogen-bond acceptors (Lipinski definition) is 2. The first kappa shape index (κ1) is 6.85. The van der Waals surface area contributed by atoms with Crippen molar-refractivity contribution in [2.75, 3.05) is 6.61 Å². The zero-order chi connectivity index (χ0) is 7.68. The predicted molar refractivity (Wildman–Crippen MR) is 41.3 cm³/mol. The van der Waals surface area contributed by atoms with Gasteiger partial charge in [-0.3, -0.25) is 0 Å². The van der Waals surface area contributed by atoms with Crippen molar-refractivity contribution in [3.05, 3.63) is 17.7 Å². The molecule has 60 valence electrons. The van der Waals surface area contributed by atoms with Gasteiger partial charge in [0, 0.05) is 18.4 Å². The lowest BCUT2D eigenvalue weighted by molar-refractivity contribution is 0.0807. The van der Waals surface area contributed by atoms with Crippen LogP contribution < -0.4 is 0 Å². The molecule has 1 aliphatic heterocycles. The number of aromatic nitrogens is 2. The van der Waals surface area contributed by atoms with E-state index in [0.29, 0.717) is 6.61 Å². The Hall–Kier alpha value is -0.830. The molecule has 1 aliphatic rings. The number of imidazole rings is 1. The van der Waals surface area contributed by atoms with Crippen LogP contribution in [0.2, 0.25) is 0 Å². The Balaban J connectivity index is 2.38. The fraction of sp³-hybridized carbons (Fsp3) is 0.625. The molecule has 1 aromatic heterocycles. The van der Waals surface area contributed by atoms with Gasteiger partial charge in [0.15, 0.2) is 0 Å². The molecule has 0 amide bonds. The summed E-state index contributed by atoms with van der Waals surface area (Å²) in [6.45, 7) is 4.63. The minimum Gasteiger partial charge on any atom is -0.372 e. The molecule has 2 rings (SSSR count). The van der Waals surface area contributed by atoms with Crippen LogP contribution in [0.25, 0.3) is 0 Å². The summed E-state index contributed by atoms with van der Waals surface area (Å²) in [6, 6.07) is 0. The molecule has 11 heavy (non-hydrogen) atoms. The summed E-state index contributed by atoms with van der Waals surface area (Å²) in [6.07, 6.45) is 3.01. The minimum atomic E-state index is 0.681. The summed E-state index contributed by atoms with van der Waals surface area (Å²) >= 11 is 0. The van der Waals surface area contributed by atoms with Crippen LogP contribution in [0.15, 0.2) is 6.20 Å². The normalized spacial score (nSPS) is 16.5. The van der Waals surface area contributed by atoms with Gasteiger partial charge in [0.25, 0.3) is 0 Å². The molecule has 3 heteroatoms. The monoisotopic (exact) mass is 152 g/mol. The van der Waals surface area contributed by atoms with E-state index in [1.807, 2.05) is 6.20 Å². The molecule has 0 unspecified atom stereocenters. The molecule has 0 bridgehead atoms. The smallest absolute Gasteiger partial charge is 0.135 e. The summed E-state index contributed by atoms with van der Waals surface area (Å²) in [4.78, 5) is 4.27. The lowest BCUT2D eigenvalue weighted by Crippen LogP contribution is -2.18. The van der Waals surface area contributed by atoms with Crippen LogP contribution in [0.1, 0.15) is 18.4 Å². The number of fused-ring (bicyclic) bond motifs is 1. The number of nitrogens with zero attached hydrogens (tertiary/aromatic N) is 2. The van der Waals surface area contributed by atoms with Gasteiger partial charge in [-0.25, -0.2) is 4.98 Å². The van der Waals surface area contributed by atoms with Crippen LogP contribution in [0, 0.1) is 0 Å². The standard InChI is InChI=1S/C8H12N2O/c1-2-7-5-9-8-6-11-4-3-10(7)8/h5H,2-4,6H2,1H3. The van der Waals surface area contributed by atoms with Crippen molar-refractivity contribution in [3.63, 3.8) is 0 Å². The highest BCUT2D eigenvalue weighted by molar-refractivity contribution is 5.05. The molecule has 0 fully saturated rings. The first-order valence-electron chi connectivity index (χ1n) is 4.03. The van der Waals surface area contributed by atoms with Crippen LogP contribution in [0.4, 0.5) is 0 Å². The SMILES string of the molecule is CCc1cnc2n1CCOC2. The Bertz CT molecular complexity index is 241. The number of rotatable bonds is 1. The van der Waals surface area contributed by atoms with Gasteiger partial charge in [0.2, 0.25) is 0 Å². The Morgan fingerprint density at radius 2 is 2.64 bits per heavy atom. The van der Waals surface area contributed by atoms with Gasteiger partial charge in [0.05, 0.1) is 6.61 Å². The second-order valence-electron chi connectivity index (χ2n) is 2.72. The Morgan fingerprint density at radius 3 is 3.45 bits per heavy atom. The first-order chi connectivity index (χ1) is 5.42. The highest BCUT2D eigenvalue weighted by atomic mass is 16.5. The maximum atomic E-state index is 5.27. The van der Waals surface area contributed by atoms with Crippen molar-refractivity contribution < 1.29 is 4.74 Å². The molecular formula is C8H12N2O. The average molecular weight is 152 g/mol. The third-order valence-corrected chi connectivity index (χ3v) is 2.07. The van der Waals surface area contributed by atoms with Crippen molar-refractivity contribution in [1.82, 2.24) is 9.55 Å². The van der Waals surface area contributed by atoms with E-state index in [9.17, 15) is 0 Å². The molecule has 0 saturated heterocycles. The maximum absolute atomic E-state index is 5.27. The van der Waals surface area contributed by atoms with Crippen LogP contribution >= 0.6 is 0 Å². The predicted octanol–water partition coefficient (Wildman–Crippen LogP) is 0.976. The second kappa shape index (κ2) is 2.66. The largest absolute Gasteiger partial charge is 0.372 e. The highest BCUT2D eigenvalue weighted by Crippen LogP contribution is 2.11. The molecule has 0 saturated carbocycles. The lowest BCUT2D eigenvalue weighted by Gasteiger charge is -2.16. The van der Waals surface area contributed by atoms with E-state index >= 15 is 0 Å². The van der Waals surface area contributed by atoms with Crippen LogP contribution in [0.3, 0.4) is 0 Å². The molecular weight excluding hydrogens is 140 g/mol. The van der Waals surface area contributed by atoms with E-state index in [0.717, 1.165) is 25.4 Å². The van der Waals surface area contributed by atoms with E-state index in [1.54, 1.807) is 0 Å². The van der Waals surface area contributed by atoms with Crippen LogP contribution in [-0.4, -0.2) is 16.2 Å². The van der Waals surface area contributed by atoms with E-state index in [1.165, 1.54) is 5.69 Å². The Morgan fingerprint density at radius 1 is 1.73 bits per heavy atom. The quantitative estimate of drug-likeness (QED) is 0.599. The van der Waals surface area contributed by atoms with Gasteiger partial charge in [-0.05, 0) is 6.42 Å². The number of aryl methyl sites for hydroxylation is 1. The zero-order valence-electron chi connectivity index (χ0n) is 6.71. The molecule has 0 aromatic carbocycles. The topological polar surface area (TPSA) is 27.1 Å². The van der Waals surface area contributed by atoms with Crippen molar-refractivity contribution in [3.8, 4) is 0 Å².